The molecule has 2 aromatic carbocycles. The van der Waals surface area contributed by atoms with Crippen LogP contribution in [0.2, 0.25) is 0 Å². The van der Waals surface area contributed by atoms with Gasteiger partial charge in [0.2, 0.25) is 0 Å². The first-order chi connectivity index (χ1) is 12.5. The number of halogens is 1. The summed E-state index contributed by atoms with van der Waals surface area (Å²) < 4.78 is 16.2. The fourth-order valence-corrected chi connectivity index (χ4v) is 2.43. The molecule has 0 saturated heterocycles. The highest BCUT2D eigenvalue weighted by atomic mass is 79.9. The zero-order chi connectivity index (χ0) is 18.9. The Labute approximate surface area is 159 Å². The number of amides is 1. The van der Waals surface area contributed by atoms with Crippen LogP contribution in [0.4, 0.5) is 0 Å². The molecule has 0 spiro atoms. The lowest BCUT2D eigenvalue weighted by molar-refractivity contribution is -0.123. The number of methoxy groups -OCH3 is 1. The van der Waals surface area contributed by atoms with Crippen LogP contribution < -0.4 is 19.6 Å². The van der Waals surface area contributed by atoms with Crippen LogP contribution in [0.3, 0.4) is 0 Å². The van der Waals surface area contributed by atoms with E-state index in [0.29, 0.717) is 33.9 Å². The number of aromatic hydroxyl groups is 1. The summed E-state index contributed by atoms with van der Waals surface area (Å²) in [6, 6.07) is 10.2. The van der Waals surface area contributed by atoms with Gasteiger partial charge >= 0.3 is 0 Å². The number of rotatable bonds is 8. The first-order valence-electron chi connectivity index (χ1n) is 7.77. The fraction of sp³-hybridized carbons (Fsp3) is 0.222. The largest absolute Gasteiger partial charge is 0.503 e. The Morgan fingerprint density at radius 2 is 1.92 bits per heavy atom. The molecular weight excluding hydrogens is 404 g/mol. The summed E-state index contributed by atoms with van der Waals surface area (Å²) in [4.78, 5) is 11.8. The third-order valence-electron chi connectivity index (χ3n) is 3.18. The molecule has 2 aromatic rings. The van der Waals surface area contributed by atoms with Gasteiger partial charge in [-0.2, -0.15) is 5.10 Å². The molecule has 0 heterocycles. The van der Waals surface area contributed by atoms with Crippen LogP contribution in [0.1, 0.15) is 12.5 Å². The minimum atomic E-state index is -0.403. The third kappa shape index (κ3) is 5.66. The van der Waals surface area contributed by atoms with Gasteiger partial charge in [-0.3, -0.25) is 4.79 Å². The van der Waals surface area contributed by atoms with E-state index in [-0.39, 0.29) is 12.4 Å². The maximum absolute atomic E-state index is 11.8. The van der Waals surface area contributed by atoms with Crippen molar-refractivity contribution in [1.29, 1.82) is 0 Å². The Morgan fingerprint density at radius 3 is 2.58 bits per heavy atom. The zero-order valence-corrected chi connectivity index (χ0v) is 15.9. The number of phenolic OH excluding ortho intramolecular Hbond substituents is 1. The van der Waals surface area contributed by atoms with E-state index in [4.69, 9.17) is 14.2 Å². The van der Waals surface area contributed by atoms with Crippen LogP contribution >= 0.6 is 15.9 Å². The van der Waals surface area contributed by atoms with Crippen molar-refractivity contribution < 1.29 is 24.1 Å². The summed E-state index contributed by atoms with van der Waals surface area (Å²) >= 11 is 3.24. The molecule has 0 aromatic heterocycles. The number of nitrogens with one attached hydrogen (secondary N) is 1. The van der Waals surface area contributed by atoms with E-state index in [1.165, 1.54) is 6.21 Å². The van der Waals surface area contributed by atoms with Crippen LogP contribution in [-0.4, -0.2) is 37.6 Å². The summed E-state index contributed by atoms with van der Waals surface area (Å²) in [6.45, 7) is 2.06. The molecule has 0 aliphatic rings. The fourth-order valence-electron chi connectivity index (χ4n) is 1.97. The summed E-state index contributed by atoms with van der Waals surface area (Å²) in [5.41, 5.74) is 3.02. The maximum Gasteiger partial charge on any atom is 0.277 e. The molecule has 2 rings (SSSR count). The molecule has 8 heteroatoms. The molecule has 0 atom stereocenters. The zero-order valence-electron chi connectivity index (χ0n) is 14.4. The van der Waals surface area contributed by atoms with Crippen molar-refractivity contribution in [2.45, 2.75) is 6.92 Å². The minimum absolute atomic E-state index is 0.0147. The summed E-state index contributed by atoms with van der Waals surface area (Å²) in [7, 11) is 1.57. The monoisotopic (exact) mass is 422 g/mol. The number of phenols is 1. The van der Waals surface area contributed by atoms with Crippen LogP contribution in [0, 0.1) is 0 Å². The predicted octanol–water partition coefficient (Wildman–Crippen LogP) is 3.09. The SMILES string of the molecule is CCOc1cc(/C=N/NC(=O)COc2ccc(OC)cc2)cc(Br)c1O. The number of hydrazone groups is 1. The quantitative estimate of drug-likeness (QED) is 0.503. The molecule has 0 bridgehead atoms. The molecule has 1 amide bonds. The summed E-state index contributed by atoms with van der Waals surface area (Å²) in [5.74, 6) is 1.20. The Kier molecular flexibility index (Phi) is 7.28. The van der Waals surface area contributed by atoms with E-state index in [2.05, 4.69) is 26.5 Å². The van der Waals surface area contributed by atoms with Gasteiger partial charge in [0.15, 0.2) is 18.1 Å². The maximum atomic E-state index is 11.8. The minimum Gasteiger partial charge on any atom is -0.503 e. The number of hydrogen-bond donors (Lipinski definition) is 2. The number of nitrogens with zero attached hydrogens (tertiary/aromatic N) is 1. The van der Waals surface area contributed by atoms with Crippen molar-refractivity contribution in [3.8, 4) is 23.0 Å². The summed E-state index contributed by atoms with van der Waals surface area (Å²) in [5, 5.41) is 13.7. The molecule has 0 saturated carbocycles. The van der Waals surface area contributed by atoms with Crippen LogP contribution in [0.5, 0.6) is 23.0 Å². The molecule has 26 heavy (non-hydrogen) atoms. The van der Waals surface area contributed by atoms with Gasteiger partial charge in [-0.05, 0) is 64.8 Å². The van der Waals surface area contributed by atoms with Crippen LogP contribution in [0.15, 0.2) is 46.0 Å². The molecule has 7 nitrogen and oxygen atoms in total. The molecule has 0 aliphatic heterocycles. The van der Waals surface area contributed by atoms with Gasteiger partial charge in [-0.1, -0.05) is 0 Å². The van der Waals surface area contributed by atoms with Gasteiger partial charge in [0.05, 0.1) is 24.4 Å². The Balaban J connectivity index is 1.88. The normalized spacial score (nSPS) is 10.6. The van der Waals surface area contributed by atoms with Gasteiger partial charge in [0.25, 0.3) is 5.91 Å². The van der Waals surface area contributed by atoms with Crippen LogP contribution in [-0.2, 0) is 4.79 Å². The van der Waals surface area contributed by atoms with Crippen molar-refractivity contribution in [1.82, 2.24) is 5.43 Å². The highest BCUT2D eigenvalue weighted by Crippen LogP contribution is 2.35. The van der Waals surface area contributed by atoms with Crippen molar-refractivity contribution in [2.75, 3.05) is 20.3 Å². The van der Waals surface area contributed by atoms with Gasteiger partial charge < -0.3 is 19.3 Å². The van der Waals surface area contributed by atoms with Crippen molar-refractivity contribution in [2.24, 2.45) is 5.10 Å². The second-order valence-corrected chi connectivity index (χ2v) is 5.89. The smallest absolute Gasteiger partial charge is 0.277 e. The van der Waals surface area contributed by atoms with E-state index in [0.717, 1.165) is 0 Å². The molecule has 2 N–H and O–H groups in total. The van der Waals surface area contributed by atoms with E-state index in [1.807, 2.05) is 6.92 Å². The van der Waals surface area contributed by atoms with E-state index in [1.54, 1.807) is 43.5 Å². The first-order valence-corrected chi connectivity index (χ1v) is 8.56. The van der Waals surface area contributed by atoms with Crippen molar-refractivity contribution in [3.63, 3.8) is 0 Å². The lowest BCUT2D eigenvalue weighted by Gasteiger charge is -2.08. The van der Waals surface area contributed by atoms with Gasteiger partial charge in [-0.25, -0.2) is 5.43 Å². The number of benzene rings is 2. The van der Waals surface area contributed by atoms with Crippen LogP contribution in [0.25, 0.3) is 0 Å². The van der Waals surface area contributed by atoms with E-state index >= 15 is 0 Å². The highest BCUT2D eigenvalue weighted by Gasteiger charge is 2.08. The molecule has 0 fully saturated rings. The average Bonchev–Trinajstić information content (AvgIpc) is 2.64. The predicted molar refractivity (Wildman–Crippen MR) is 101 cm³/mol. The van der Waals surface area contributed by atoms with Gasteiger partial charge in [-0.15, -0.1) is 0 Å². The first kappa shape index (κ1) is 19.6. The Bertz CT molecular complexity index is 778. The highest BCUT2D eigenvalue weighted by molar-refractivity contribution is 9.10. The van der Waals surface area contributed by atoms with Gasteiger partial charge in [0.1, 0.15) is 11.5 Å². The van der Waals surface area contributed by atoms with E-state index in [9.17, 15) is 9.90 Å². The van der Waals surface area contributed by atoms with E-state index < -0.39 is 5.91 Å². The second-order valence-electron chi connectivity index (χ2n) is 5.04. The lowest BCUT2D eigenvalue weighted by Crippen LogP contribution is -2.24. The number of carbonyl (C=O) groups excluding carboxylic acids is 1. The molecule has 138 valence electrons. The Hall–Kier alpha value is -2.74. The standard InChI is InChI=1S/C18H19BrN2O5/c1-3-25-16-9-12(8-15(19)18(16)23)10-20-21-17(22)11-26-14-6-4-13(24-2)5-7-14/h4-10,23H,3,11H2,1-2H3,(H,21,22)/b20-10+. The molecule has 0 aliphatic carbocycles. The van der Waals surface area contributed by atoms with Gasteiger partial charge in [0, 0.05) is 0 Å². The number of hydrogen-bond acceptors (Lipinski definition) is 6. The lowest BCUT2D eigenvalue weighted by atomic mass is 10.2. The topological polar surface area (TPSA) is 89.4 Å². The number of carbonyl (C=O) groups is 1. The molecule has 0 radical (unpaired) electrons. The summed E-state index contributed by atoms with van der Waals surface area (Å²) in [6.07, 6.45) is 1.44. The number of ether oxygens (including phenoxy) is 3. The Morgan fingerprint density at radius 1 is 1.23 bits per heavy atom. The van der Waals surface area contributed by atoms with Crippen molar-refractivity contribution >= 4 is 28.1 Å². The third-order valence-corrected chi connectivity index (χ3v) is 3.79. The molecular formula is C18H19BrN2O5. The van der Waals surface area contributed by atoms with Crippen molar-refractivity contribution in [3.05, 3.63) is 46.4 Å². The second kappa shape index (κ2) is 9.67. The average molecular weight is 423 g/mol. The molecule has 0 unspecified atom stereocenters.